The standard InChI is InChI=1S/C12H18N2O4S.ClH/c1-3-13-9(2)7-14-19(15,16)10-4-5-11-12(6-10)18-8-17-11;/h4-6,9,13-14H,3,7-8H2,1-2H3;1H/t9-;/m1./s1. The number of likely N-dealkylation sites (N-methyl/N-ethyl adjacent to an activating group) is 1. The number of benzene rings is 1. The molecule has 8 heteroatoms. The summed E-state index contributed by atoms with van der Waals surface area (Å²) >= 11 is 0. The van der Waals surface area contributed by atoms with Gasteiger partial charge in [0.1, 0.15) is 0 Å². The van der Waals surface area contributed by atoms with Gasteiger partial charge in [-0.3, -0.25) is 0 Å². The van der Waals surface area contributed by atoms with Crippen molar-refractivity contribution in [3.63, 3.8) is 0 Å². The van der Waals surface area contributed by atoms with Gasteiger partial charge in [0.15, 0.2) is 11.5 Å². The summed E-state index contributed by atoms with van der Waals surface area (Å²) in [7, 11) is -3.52. The zero-order chi connectivity index (χ0) is 13.9. The predicted octanol–water partition coefficient (Wildman–Crippen LogP) is 1.11. The van der Waals surface area contributed by atoms with Gasteiger partial charge in [-0.1, -0.05) is 6.92 Å². The molecule has 1 aromatic rings. The summed E-state index contributed by atoms with van der Waals surface area (Å²) < 4.78 is 37.1. The number of nitrogens with one attached hydrogen (secondary N) is 2. The van der Waals surface area contributed by atoms with Crippen LogP contribution in [0.15, 0.2) is 23.1 Å². The molecule has 1 aromatic carbocycles. The molecule has 0 fully saturated rings. The minimum Gasteiger partial charge on any atom is -0.454 e. The van der Waals surface area contributed by atoms with Crippen LogP contribution in [0.4, 0.5) is 0 Å². The van der Waals surface area contributed by atoms with Gasteiger partial charge in [-0.2, -0.15) is 0 Å². The first-order valence-corrected chi connectivity index (χ1v) is 7.64. The van der Waals surface area contributed by atoms with Gasteiger partial charge >= 0.3 is 0 Å². The van der Waals surface area contributed by atoms with E-state index in [0.29, 0.717) is 18.0 Å². The highest BCUT2D eigenvalue weighted by atomic mass is 35.5. The molecular formula is C12H19ClN2O4S. The lowest BCUT2D eigenvalue weighted by Crippen LogP contribution is -2.38. The van der Waals surface area contributed by atoms with Crippen LogP contribution in [0.1, 0.15) is 13.8 Å². The summed E-state index contributed by atoms with van der Waals surface area (Å²) in [6.07, 6.45) is 0. The molecule has 0 aliphatic carbocycles. The fourth-order valence-corrected chi connectivity index (χ4v) is 2.93. The number of halogens is 1. The summed E-state index contributed by atoms with van der Waals surface area (Å²) in [5, 5.41) is 3.14. The quantitative estimate of drug-likeness (QED) is 0.820. The topological polar surface area (TPSA) is 76.7 Å². The van der Waals surface area contributed by atoms with E-state index in [2.05, 4.69) is 10.0 Å². The van der Waals surface area contributed by atoms with Crippen molar-refractivity contribution in [1.82, 2.24) is 10.0 Å². The number of ether oxygens (including phenoxy) is 2. The average Bonchev–Trinajstić information content (AvgIpc) is 2.84. The smallest absolute Gasteiger partial charge is 0.240 e. The molecule has 114 valence electrons. The third-order valence-corrected chi connectivity index (χ3v) is 4.21. The van der Waals surface area contributed by atoms with E-state index in [0.717, 1.165) is 6.54 Å². The molecule has 0 amide bonds. The van der Waals surface area contributed by atoms with Gasteiger partial charge in [-0.25, -0.2) is 13.1 Å². The van der Waals surface area contributed by atoms with Crippen LogP contribution < -0.4 is 19.5 Å². The zero-order valence-corrected chi connectivity index (χ0v) is 13.0. The summed E-state index contributed by atoms with van der Waals surface area (Å²) in [4.78, 5) is 0.181. The van der Waals surface area contributed by atoms with Gasteiger partial charge in [0.2, 0.25) is 16.8 Å². The van der Waals surface area contributed by atoms with E-state index in [-0.39, 0.29) is 30.1 Å². The van der Waals surface area contributed by atoms with Crippen LogP contribution in [0.3, 0.4) is 0 Å². The minimum absolute atomic E-state index is 0. The van der Waals surface area contributed by atoms with E-state index in [1.54, 1.807) is 6.07 Å². The van der Waals surface area contributed by atoms with Crippen LogP contribution in [0.5, 0.6) is 11.5 Å². The Kier molecular flexibility index (Phi) is 6.07. The van der Waals surface area contributed by atoms with Crippen LogP contribution in [-0.2, 0) is 10.0 Å². The Labute approximate surface area is 125 Å². The van der Waals surface area contributed by atoms with E-state index >= 15 is 0 Å². The minimum atomic E-state index is -3.52. The second-order valence-electron chi connectivity index (χ2n) is 4.33. The summed E-state index contributed by atoms with van der Waals surface area (Å²) in [5.41, 5.74) is 0. The van der Waals surface area contributed by atoms with Gasteiger partial charge in [-0.15, -0.1) is 12.4 Å². The molecule has 2 N–H and O–H groups in total. The van der Waals surface area contributed by atoms with Crippen molar-refractivity contribution in [3.05, 3.63) is 18.2 Å². The summed E-state index contributed by atoms with van der Waals surface area (Å²) in [6, 6.07) is 4.66. The van der Waals surface area contributed by atoms with E-state index in [9.17, 15) is 8.42 Å². The Bertz CT molecular complexity index is 550. The number of sulfonamides is 1. The molecule has 0 bridgehead atoms. The molecule has 1 heterocycles. The molecule has 1 atom stereocenters. The number of hydrogen-bond donors (Lipinski definition) is 2. The number of fused-ring (bicyclic) bond motifs is 1. The van der Waals surface area contributed by atoms with Gasteiger partial charge in [0, 0.05) is 18.7 Å². The Morgan fingerprint density at radius 3 is 2.70 bits per heavy atom. The molecule has 20 heavy (non-hydrogen) atoms. The third-order valence-electron chi connectivity index (χ3n) is 2.79. The van der Waals surface area contributed by atoms with E-state index in [1.807, 2.05) is 13.8 Å². The highest BCUT2D eigenvalue weighted by Crippen LogP contribution is 2.33. The second kappa shape index (κ2) is 7.12. The first-order chi connectivity index (χ1) is 9.03. The fraction of sp³-hybridized carbons (Fsp3) is 0.500. The van der Waals surface area contributed by atoms with Crippen molar-refractivity contribution in [2.75, 3.05) is 19.9 Å². The van der Waals surface area contributed by atoms with Gasteiger partial charge in [0.25, 0.3) is 0 Å². The van der Waals surface area contributed by atoms with Crippen molar-refractivity contribution in [1.29, 1.82) is 0 Å². The Morgan fingerprint density at radius 2 is 2.00 bits per heavy atom. The summed E-state index contributed by atoms with van der Waals surface area (Å²) in [5.74, 6) is 1.03. The fourth-order valence-electron chi connectivity index (χ4n) is 1.78. The predicted molar refractivity (Wildman–Crippen MR) is 78.1 cm³/mol. The number of hydrogen-bond acceptors (Lipinski definition) is 5. The largest absolute Gasteiger partial charge is 0.454 e. The van der Waals surface area contributed by atoms with Crippen molar-refractivity contribution in [2.24, 2.45) is 0 Å². The Hall–Kier alpha value is -1.02. The SMILES string of the molecule is CCN[C@H](C)CNS(=O)(=O)c1ccc2c(c1)OCO2.Cl. The lowest BCUT2D eigenvalue weighted by molar-refractivity contribution is 0.174. The van der Waals surface area contributed by atoms with Gasteiger partial charge in [0.05, 0.1) is 4.90 Å². The summed E-state index contributed by atoms with van der Waals surface area (Å²) in [6.45, 7) is 5.16. The lowest BCUT2D eigenvalue weighted by Gasteiger charge is -2.13. The first-order valence-electron chi connectivity index (χ1n) is 6.15. The molecule has 0 spiro atoms. The van der Waals surface area contributed by atoms with E-state index in [1.165, 1.54) is 12.1 Å². The Morgan fingerprint density at radius 1 is 1.30 bits per heavy atom. The molecule has 0 radical (unpaired) electrons. The van der Waals surface area contributed by atoms with Crippen molar-refractivity contribution in [3.8, 4) is 11.5 Å². The normalized spacial score (nSPS) is 14.7. The lowest BCUT2D eigenvalue weighted by atomic mass is 10.3. The van der Waals surface area contributed by atoms with Crippen molar-refractivity contribution in [2.45, 2.75) is 24.8 Å². The molecule has 1 aliphatic heterocycles. The van der Waals surface area contributed by atoms with Crippen LogP contribution in [0, 0.1) is 0 Å². The van der Waals surface area contributed by atoms with Gasteiger partial charge < -0.3 is 14.8 Å². The van der Waals surface area contributed by atoms with Crippen LogP contribution in [-0.4, -0.2) is 34.3 Å². The van der Waals surface area contributed by atoms with E-state index in [4.69, 9.17) is 9.47 Å². The molecule has 6 nitrogen and oxygen atoms in total. The average molecular weight is 323 g/mol. The molecule has 0 unspecified atom stereocenters. The highest BCUT2D eigenvalue weighted by Gasteiger charge is 2.20. The molecule has 2 rings (SSSR count). The van der Waals surface area contributed by atoms with Crippen LogP contribution in [0.2, 0.25) is 0 Å². The van der Waals surface area contributed by atoms with Crippen LogP contribution >= 0.6 is 12.4 Å². The molecular weight excluding hydrogens is 304 g/mol. The van der Waals surface area contributed by atoms with Crippen molar-refractivity contribution >= 4 is 22.4 Å². The van der Waals surface area contributed by atoms with Gasteiger partial charge in [-0.05, 0) is 25.6 Å². The maximum absolute atomic E-state index is 12.1. The molecule has 1 aliphatic rings. The third kappa shape index (κ3) is 3.99. The monoisotopic (exact) mass is 322 g/mol. The highest BCUT2D eigenvalue weighted by molar-refractivity contribution is 7.89. The van der Waals surface area contributed by atoms with E-state index < -0.39 is 10.0 Å². The maximum atomic E-state index is 12.1. The maximum Gasteiger partial charge on any atom is 0.240 e. The van der Waals surface area contributed by atoms with Crippen molar-refractivity contribution < 1.29 is 17.9 Å². The zero-order valence-electron chi connectivity index (χ0n) is 11.4. The van der Waals surface area contributed by atoms with Crippen LogP contribution in [0.25, 0.3) is 0 Å². The second-order valence-corrected chi connectivity index (χ2v) is 6.09. The molecule has 0 aromatic heterocycles. The number of rotatable bonds is 6. The first kappa shape index (κ1) is 17.0. The Balaban J connectivity index is 0.00000200. The molecule has 0 saturated carbocycles. The molecule has 0 saturated heterocycles.